The Morgan fingerprint density at radius 3 is 2.46 bits per heavy atom. The van der Waals surface area contributed by atoms with Gasteiger partial charge in [0, 0.05) is 68.2 Å². The number of fused-ring (bicyclic) bond motifs is 1. The van der Waals surface area contributed by atoms with E-state index >= 15 is 0 Å². The molecular weight excluding hydrogens is 897 g/mol. The molecule has 1 amide bonds. The van der Waals surface area contributed by atoms with Crippen LogP contribution in [-0.4, -0.2) is 90.2 Å². The molecule has 4 fully saturated rings. The fraction of sp³-hybridized carbons (Fsp3) is 0.480. The Bertz CT molecular complexity index is 2780. The molecule has 4 heterocycles. The number of sulfonamides is 1. The molecule has 68 heavy (non-hydrogen) atoms. The predicted octanol–water partition coefficient (Wildman–Crippen LogP) is 9.70. The van der Waals surface area contributed by atoms with Crippen LogP contribution in [0.5, 0.6) is 17.4 Å². The number of alkyl halides is 2. The minimum Gasteiger partial charge on any atom is -0.451 e. The number of aliphatic hydroxyl groups is 1. The predicted molar refractivity (Wildman–Crippen MR) is 254 cm³/mol. The van der Waals surface area contributed by atoms with E-state index in [1.165, 1.54) is 54.7 Å². The van der Waals surface area contributed by atoms with Crippen LogP contribution in [0.25, 0.3) is 11.0 Å². The first kappa shape index (κ1) is 47.2. The highest BCUT2D eigenvalue weighted by molar-refractivity contribution is 7.90. The second-order valence-corrected chi connectivity index (χ2v) is 21.5. The number of amides is 1. The minimum absolute atomic E-state index is 0.114. The Morgan fingerprint density at radius 1 is 0.985 bits per heavy atom. The molecule has 3 aromatic carbocycles. The van der Waals surface area contributed by atoms with E-state index in [4.69, 9.17) is 9.47 Å². The number of H-pyrrole nitrogens is 1. The number of aromatic amines is 1. The van der Waals surface area contributed by atoms with Gasteiger partial charge in [0.05, 0.1) is 21.0 Å². The summed E-state index contributed by atoms with van der Waals surface area (Å²) in [5, 5.41) is 26.1. The van der Waals surface area contributed by atoms with Crippen LogP contribution in [0.1, 0.15) is 112 Å². The van der Waals surface area contributed by atoms with Gasteiger partial charge >= 0.3 is 6.61 Å². The number of halogens is 2. The number of likely N-dealkylation sites (tertiary alicyclic amines) is 1. The van der Waals surface area contributed by atoms with Gasteiger partial charge in [-0.05, 0) is 129 Å². The van der Waals surface area contributed by atoms with E-state index in [-0.39, 0.29) is 39.7 Å². The molecule has 15 nitrogen and oxygen atoms in total. The molecule has 4 aliphatic rings. The third kappa shape index (κ3) is 9.99. The molecular formula is C50H59F2N7O8S. The zero-order chi connectivity index (χ0) is 48.0. The van der Waals surface area contributed by atoms with Crippen LogP contribution < -0.4 is 24.4 Å². The van der Waals surface area contributed by atoms with Gasteiger partial charge in [-0.25, -0.2) is 13.1 Å². The summed E-state index contributed by atoms with van der Waals surface area (Å²) in [6.45, 7) is 6.92. The number of hydrogen-bond acceptors (Lipinski definition) is 12. The lowest BCUT2D eigenvalue weighted by Crippen LogP contribution is -2.63. The van der Waals surface area contributed by atoms with E-state index in [0.717, 1.165) is 44.8 Å². The third-order valence-corrected chi connectivity index (χ3v) is 16.1. The maximum absolute atomic E-state index is 14.1. The topological polar surface area (TPSA) is 192 Å². The second-order valence-electron chi connectivity index (χ2n) is 19.8. The Hall–Kier alpha value is -5.85. The lowest BCUT2D eigenvalue weighted by molar-refractivity contribution is -0.384. The second kappa shape index (κ2) is 18.9. The van der Waals surface area contributed by atoms with Crippen LogP contribution in [0.3, 0.4) is 0 Å². The highest BCUT2D eigenvalue weighted by atomic mass is 32.2. The van der Waals surface area contributed by atoms with Crippen molar-refractivity contribution in [1.82, 2.24) is 19.6 Å². The summed E-state index contributed by atoms with van der Waals surface area (Å²) in [6, 6.07) is 20.5. The van der Waals surface area contributed by atoms with Gasteiger partial charge in [0.2, 0.25) is 0 Å². The summed E-state index contributed by atoms with van der Waals surface area (Å²) in [5.74, 6) is -0.915. The third-order valence-electron chi connectivity index (χ3n) is 14.8. The SMILES string of the molecule is CC(C)c1ccccc1[C@H]1CCC[C@H]1N1CC2(CCN(c3ccc(C(=O)NS(=O)(=O)c4ccc(NCC5CCC(C)(O)CC5)c([N+](=O)[O-])c4)c(Oc4cc5cc[nH]c5nc4OC(F)F)c3)CC2)C1. The molecule has 2 aromatic heterocycles. The summed E-state index contributed by atoms with van der Waals surface area (Å²) in [7, 11) is -4.71. The van der Waals surface area contributed by atoms with Crippen LogP contribution in [0.4, 0.5) is 25.8 Å². The molecule has 2 saturated heterocycles. The molecule has 2 aliphatic carbocycles. The monoisotopic (exact) mass is 955 g/mol. The number of benzene rings is 3. The first-order valence-electron chi connectivity index (χ1n) is 23.6. The molecule has 2 atom stereocenters. The number of nitro benzene ring substituents is 1. The maximum Gasteiger partial charge on any atom is 0.388 e. The normalized spacial score (nSPS) is 22.9. The zero-order valence-electron chi connectivity index (χ0n) is 38.5. The quantitative estimate of drug-likeness (QED) is 0.0575. The highest BCUT2D eigenvalue weighted by Gasteiger charge is 2.49. The number of aromatic nitrogens is 2. The number of pyridine rings is 1. The van der Waals surface area contributed by atoms with Gasteiger partial charge in [0.25, 0.3) is 27.5 Å². The Balaban J connectivity index is 0.933. The van der Waals surface area contributed by atoms with Gasteiger partial charge in [0.1, 0.15) is 17.1 Å². The number of nitro groups is 1. The van der Waals surface area contributed by atoms with Crippen molar-refractivity contribution in [3.05, 3.63) is 106 Å². The summed E-state index contributed by atoms with van der Waals surface area (Å²) >= 11 is 0. The molecule has 5 aromatic rings. The van der Waals surface area contributed by atoms with Gasteiger partial charge in [0.15, 0.2) is 5.75 Å². The number of carbonyl (C=O) groups is 1. The largest absolute Gasteiger partial charge is 0.451 e. The van der Waals surface area contributed by atoms with E-state index in [1.807, 2.05) is 4.72 Å². The Morgan fingerprint density at radius 2 is 1.74 bits per heavy atom. The number of rotatable bonds is 15. The average Bonchev–Trinajstić information content (AvgIpc) is 3.97. The van der Waals surface area contributed by atoms with Crippen molar-refractivity contribution in [2.24, 2.45) is 11.3 Å². The molecule has 0 unspecified atom stereocenters. The first-order valence-corrected chi connectivity index (χ1v) is 25.1. The van der Waals surface area contributed by atoms with Crippen LogP contribution in [0.2, 0.25) is 0 Å². The van der Waals surface area contributed by atoms with Gasteiger partial charge < -0.3 is 29.8 Å². The van der Waals surface area contributed by atoms with Crippen molar-refractivity contribution in [2.45, 2.75) is 114 Å². The number of hydrogen-bond donors (Lipinski definition) is 4. The molecule has 2 saturated carbocycles. The van der Waals surface area contributed by atoms with E-state index in [2.05, 4.69) is 63.2 Å². The van der Waals surface area contributed by atoms with Crippen molar-refractivity contribution in [2.75, 3.05) is 42.9 Å². The van der Waals surface area contributed by atoms with Crippen LogP contribution in [-0.2, 0) is 10.0 Å². The lowest BCUT2D eigenvalue weighted by atomic mass is 9.70. The maximum atomic E-state index is 14.1. The summed E-state index contributed by atoms with van der Waals surface area (Å²) in [5.41, 5.74) is 2.66. The van der Waals surface area contributed by atoms with Crippen LogP contribution in [0, 0.1) is 21.4 Å². The number of piperidine rings is 1. The summed E-state index contributed by atoms with van der Waals surface area (Å²) in [4.78, 5) is 36.9. The highest BCUT2D eigenvalue weighted by Crippen LogP contribution is 2.49. The van der Waals surface area contributed by atoms with Crippen LogP contribution in [0.15, 0.2) is 83.9 Å². The molecule has 1 spiro atoms. The standard InChI is InChI=1S/C50H59F2N7O8S/c1-31(2)36-7-4-5-8-37(36)38-9-6-10-41(38)58-29-50(30-58)20-23-57(24-21-50)34-11-13-39(43(26-34)66-44-25-33-17-22-53-45(33)55-47(44)67-48(51)52)46(60)56-68(64,65)35-12-14-40(42(27-35)59(62)63)54-28-32-15-18-49(3,61)19-16-32/h4-5,7-8,11-14,17,22,25-27,31-32,38,41,48,54,61H,6,9-10,15-16,18-21,23-24,28-30H2,1-3H3,(H,53,55)(H,56,60)/t32?,38-,41-,49?/m1/s1. The van der Waals surface area contributed by atoms with Gasteiger partial charge in [-0.3, -0.25) is 19.8 Å². The average molecular weight is 956 g/mol. The van der Waals surface area contributed by atoms with Crippen molar-refractivity contribution in [3.8, 4) is 17.4 Å². The number of carbonyl (C=O) groups excluding carboxylic acids is 1. The zero-order valence-corrected chi connectivity index (χ0v) is 39.4. The fourth-order valence-electron chi connectivity index (χ4n) is 11.0. The molecule has 0 bridgehead atoms. The van der Waals surface area contributed by atoms with Crippen LogP contribution >= 0.6 is 0 Å². The smallest absolute Gasteiger partial charge is 0.388 e. The molecule has 18 heteroatoms. The fourth-order valence-corrected chi connectivity index (χ4v) is 12.0. The Kier molecular flexibility index (Phi) is 13.1. The van der Waals surface area contributed by atoms with Gasteiger partial charge in [-0.2, -0.15) is 13.8 Å². The number of nitrogens with one attached hydrogen (secondary N) is 3. The first-order chi connectivity index (χ1) is 32.5. The van der Waals surface area contributed by atoms with Crippen molar-refractivity contribution >= 4 is 44.0 Å². The summed E-state index contributed by atoms with van der Waals surface area (Å²) < 4.78 is 68.0. The summed E-state index contributed by atoms with van der Waals surface area (Å²) in [6.07, 6.45) is 9.70. The number of ether oxygens (including phenoxy) is 2. The Labute approximate surface area is 394 Å². The number of nitrogens with zero attached hydrogens (tertiary/aromatic N) is 4. The lowest BCUT2D eigenvalue weighted by Gasteiger charge is -2.57. The van der Waals surface area contributed by atoms with E-state index in [1.54, 1.807) is 31.3 Å². The molecule has 2 aliphatic heterocycles. The van der Waals surface area contributed by atoms with E-state index in [9.17, 15) is 37.2 Å². The van der Waals surface area contributed by atoms with Crippen molar-refractivity contribution < 1.29 is 41.5 Å². The molecule has 9 rings (SSSR count). The van der Waals surface area contributed by atoms with Crippen molar-refractivity contribution in [3.63, 3.8) is 0 Å². The van der Waals surface area contributed by atoms with E-state index in [0.29, 0.717) is 61.4 Å². The minimum atomic E-state index is -4.71. The van der Waals surface area contributed by atoms with Crippen molar-refractivity contribution in [1.29, 1.82) is 0 Å². The van der Waals surface area contributed by atoms with E-state index < -0.39 is 49.5 Å². The molecule has 362 valence electrons. The van der Waals surface area contributed by atoms with Gasteiger partial charge in [-0.15, -0.1) is 0 Å². The van der Waals surface area contributed by atoms with Gasteiger partial charge in [-0.1, -0.05) is 44.5 Å². The molecule has 4 N–H and O–H groups in total. The molecule has 0 radical (unpaired) electrons. The number of anilines is 2.